The lowest BCUT2D eigenvalue weighted by Crippen LogP contribution is -2.24. The third-order valence-corrected chi connectivity index (χ3v) is 5.26. The zero-order valence-corrected chi connectivity index (χ0v) is 17.6. The monoisotopic (exact) mass is 410 g/mol. The molecular weight excluding hydrogens is 380 g/mol. The Balaban J connectivity index is 1.58. The first-order valence-electron chi connectivity index (χ1n) is 10.3. The molecular formula is C23H30N4O3. The molecule has 3 rings (SSSR count). The van der Waals surface area contributed by atoms with E-state index in [0.717, 1.165) is 42.6 Å². The second-order valence-electron chi connectivity index (χ2n) is 7.42. The summed E-state index contributed by atoms with van der Waals surface area (Å²) < 4.78 is 10.5. The zero-order valence-electron chi connectivity index (χ0n) is 17.6. The fourth-order valence-corrected chi connectivity index (χ4v) is 3.63. The van der Waals surface area contributed by atoms with E-state index in [-0.39, 0.29) is 11.8 Å². The summed E-state index contributed by atoms with van der Waals surface area (Å²) >= 11 is 0. The predicted octanol–water partition coefficient (Wildman–Crippen LogP) is 4.15. The summed E-state index contributed by atoms with van der Waals surface area (Å²) in [4.78, 5) is 16.9. The van der Waals surface area contributed by atoms with Crippen LogP contribution >= 0.6 is 0 Å². The van der Waals surface area contributed by atoms with E-state index in [1.54, 1.807) is 26.4 Å². The molecule has 0 unspecified atom stereocenters. The number of nitrogens with zero attached hydrogens (tertiary/aromatic N) is 1. The number of benzene rings is 2. The molecule has 1 aliphatic rings. The van der Waals surface area contributed by atoms with Crippen molar-refractivity contribution in [1.82, 2.24) is 0 Å². The summed E-state index contributed by atoms with van der Waals surface area (Å²) in [6, 6.07) is 13.1. The Morgan fingerprint density at radius 1 is 1.00 bits per heavy atom. The van der Waals surface area contributed by atoms with E-state index in [4.69, 9.17) is 15.2 Å². The summed E-state index contributed by atoms with van der Waals surface area (Å²) in [5, 5.41) is 6.09. The number of amides is 1. The van der Waals surface area contributed by atoms with Gasteiger partial charge in [0.25, 0.3) is 0 Å². The smallest absolute Gasteiger partial charge is 0.227 e. The van der Waals surface area contributed by atoms with Gasteiger partial charge in [-0.15, -0.1) is 0 Å². The highest BCUT2D eigenvalue weighted by Crippen LogP contribution is 2.29. The van der Waals surface area contributed by atoms with Gasteiger partial charge in [-0.25, -0.2) is 4.99 Å². The predicted molar refractivity (Wildman–Crippen MR) is 120 cm³/mol. The van der Waals surface area contributed by atoms with Crippen molar-refractivity contribution in [2.24, 2.45) is 16.6 Å². The first-order valence-corrected chi connectivity index (χ1v) is 10.3. The molecule has 7 heteroatoms. The van der Waals surface area contributed by atoms with Crippen LogP contribution in [0.5, 0.6) is 11.5 Å². The second kappa shape index (κ2) is 10.5. The molecule has 0 heterocycles. The molecule has 0 saturated heterocycles. The number of carbonyl (C=O) groups excluding carboxylic acids is 1. The molecule has 2 aromatic rings. The van der Waals surface area contributed by atoms with Crippen molar-refractivity contribution in [2.75, 3.05) is 24.9 Å². The Morgan fingerprint density at radius 2 is 1.73 bits per heavy atom. The number of ether oxygens (including phenoxy) is 2. The van der Waals surface area contributed by atoms with Gasteiger partial charge in [0.15, 0.2) is 17.5 Å². The lowest BCUT2D eigenvalue weighted by atomic mass is 9.88. The number of methoxy groups -OCH3 is 2. The first-order chi connectivity index (χ1) is 14.6. The number of hydrogen-bond acceptors (Lipinski definition) is 4. The zero-order chi connectivity index (χ0) is 21.3. The van der Waals surface area contributed by atoms with Crippen molar-refractivity contribution < 1.29 is 14.3 Å². The number of aliphatic imine (C=N–C) groups is 1. The van der Waals surface area contributed by atoms with E-state index >= 15 is 0 Å². The minimum absolute atomic E-state index is 0.116. The van der Waals surface area contributed by atoms with E-state index in [1.165, 1.54) is 6.42 Å². The van der Waals surface area contributed by atoms with Crippen molar-refractivity contribution in [3.63, 3.8) is 0 Å². The van der Waals surface area contributed by atoms with Crippen LogP contribution in [0.4, 0.5) is 11.4 Å². The standard InChI is InChI=1S/C23H30N4O3/c1-29-20-12-11-19(14-21(20)30-2)27-23(24)25-15-16-7-6-10-18(13-16)26-22(28)17-8-4-3-5-9-17/h6-7,10-14,17H,3-5,8-9,15H2,1-2H3,(H,26,28)(H3,24,25,27). The number of rotatable bonds is 7. The van der Waals surface area contributed by atoms with E-state index in [1.807, 2.05) is 30.3 Å². The molecule has 0 radical (unpaired) electrons. The maximum absolute atomic E-state index is 12.5. The summed E-state index contributed by atoms with van der Waals surface area (Å²) in [6.45, 7) is 0.402. The molecule has 0 atom stereocenters. The Hall–Kier alpha value is -3.22. The topological polar surface area (TPSA) is 98.0 Å². The SMILES string of the molecule is COc1ccc(NC(N)=NCc2cccc(NC(=O)C3CCCCC3)c2)cc1OC. The molecule has 4 N–H and O–H groups in total. The van der Waals surface area contributed by atoms with Crippen LogP contribution in [0.3, 0.4) is 0 Å². The number of anilines is 2. The molecule has 0 aliphatic heterocycles. The number of guanidine groups is 1. The number of hydrogen-bond donors (Lipinski definition) is 3. The van der Waals surface area contributed by atoms with Crippen LogP contribution in [-0.2, 0) is 11.3 Å². The maximum Gasteiger partial charge on any atom is 0.227 e. The van der Waals surface area contributed by atoms with Crippen molar-refractivity contribution >= 4 is 23.2 Å². The Bertz CT molecular complexity index is 892. The van der Waals surface area contributed by atoms with Gasteiger partial charge >= 0.3 is 0 Å². The Kier molecular flexibility index (Phi) is 7.54. The largest absolute Gasteiger partial charge is 0.493 e. The van der Waals surface area contributed by atoms with Crippen LogP contribution in [-0.4, -0.2) is 26.1 Å². The summed E-state index contributed by atoms with van der Waals surface area (Å²) in [5.41, 5.74) is 8.54. The summed E-state index contributed by atoms with van der Waals surface area (Å²) in [6.07, 6.45) is 5.47. The average molecular weight is 411 g/mol. The van der Waals surface area contributed by atoms with Gasteiger partial charge in [-0.1, -0.05) is 31.4 Å². The normalized spacial score (nSPS) is 14.8. The van der Waals surface area contributed by atoms with Crippen LogP contribution in [0.2, 0.25) is 0 Å². The minimum atomic E-state index is 0.116. The van der Waals surface area contributed by atoms with Gasteiger partial charge in [-0.2, -0.15) is 0 Å². The Morgan fingerprint density at radius 3 is 2.47 bits per heavy atom. The molecule has 7 nitrogen and oxygen atoms in total. The molecule has 0 spiro atoms. The maximum atomic E-state index is 12.5. The van der Waals surface area contributed by atoms with Crippen molar-refractivity contribution in [3.05, 3.63) is 48.0 Å². The van der Waals surface area contributed by atoms with Gasteiger partial charge in [-0.3, -0.25) is 4.79 Å². The highest BCUT2D eigenvalue weighted by molar-refractivity contribution is 5.93. The van der Waals surface area contributed by atoms with Gasteiger partial charge in [0, 0.05) is 23.4 Å². The molecule has 0 bridgehead atoms. The van der Waals surface area contributed by atoms with Crippen LogP contribution in [0.25, 0.3) is 0 Å². The third-order valence-electron chi connectivity index (χ3n) is 5.26. The molecule has 1 aliphatic carbocycles. The van der Waals surface area contributed by atoms with Crippen molar-refractivity contribution in [3.8, 4) is 11.5 Å². The molecule has 1 fully saturated rings. The summed E-state index contributed by atoms with van der Waals surface area (Å²) in [5.74, 6) is 1.79. The van der Waals surface area contributed by atoms with Gasteiger partial charge in [0.2, 0.25) is 5.91 Å². The average Bonchev–Trinajstić information content (AvgIpc) is 2.78. The van der Waals surface area contributed by atoms with E-state index in [9.17, 15) is 4.79 Å². The van der Waals surface area contributed by atoms with Crippen LogP contribution in [0.1, 0.15) is 37.7 Å². The van der Waals surface area contributed by atoms with Crippen molar-refractivity contribution in [1.29, 1.82) is 0 Å². The fourth-order valence-electron chi connectivity index (χ4n) is 3.63. The highest BCUT2D eigenvalue weighted by Gasteiger charge is 2.21. The van der Waals surface area contributed by atoms with E-state index in [0.29, 0.717) is 24.0 Å². The first kappa shape index (κ1) is 21.5. The molecule has 1 saturated carbocycles. The van der Waals surface area contributed by atoms with E-state index < -0.39 is 0 Å². The number of nitrogens with one attached hydrogen (secondary N) is 2. The number of carbonyl (C=O) groups is 1. The third kappa shape index (κ3) is 5.89. The van der Waals surface area contributed by atoms with Gasteiger partial charge < -0.3 is 25.8 Å². The van der Waals surface area contributed by atoms with Crippen LogP contribution in [0, 0.1) is 5.92 Å². The van der Waals surface area contributed by atoms with Crippen molar-refractivity contribution in [2.45, 2.75) is 38.6 Å². The lowest BCUT2D eigenvalue weighted by Gasteiger charge is -2.20. The number of nitrogens with two attached hydrogens (primary N) is 1. The minimum Gasteiger partial charge on any atom is -0.493 e. The van der Waals surface area contributed by atoms with Gasteiger partial charge in [-0.05, 0) is 42.7 Å². The van der Waals surface area contributed by atoms with Gasteiger partial charge in [0.1, 0.15) is 0 Å². The van der Waals surface area contributed by atoms with E-state index in [2.05, 4.69) is 15.6 Å². The summed E-state index contributed by atoms with van der Waals surface area (Å²) in [7, 11) is 3.17. The van der Waals surface area contributed by atoms with Crippen LogP contribution < -0.4 is 25.8 Å². The lowest BCUT2D eigenvalue weighted by molar-refractivity contribution is -0.120. The highest BCUT2D eigenvalue weighted by atomic mass is 16.5. The molecule has 1 amide bonds. The quantitative estimate of drug-likeness (QED) is 0.470. The molecule has 30 heavy (non-hydrogen) atoms. The Labute approximate surface area is 177 Å². The molecule has 2 aromatic carbocycles. The molecule has 0 aromatic heterocycles. The molecule has 160 valence electrons. The fraction of sp³-hybridized carbons (Fsp3) is 0.391. The second-order valence-corrected chi connectivity index (χ2v) is 7.42. The van der Waals surface area contributed by atoms with Crippen LogP contribution in [0.15, 0.2) is 47.5 Å². The van der Waals surface area contributed by atoms with Gasteiger partial charge in [0.05, 0.1) is 20.8 Å².